The van der Waals surface area contributed by atoms with Crippen LogP contribution in [0.1, 0.15) is 26.7 Å². The van der Waals surface area contributed by atoms with Crippen molar-refractivity contribution in [2.24, 2.45) is 5.92 Å². The fourth-order valence-electron chi connectivity index (χ4n) is 2.55. The first-order chi connectivity index (χ1) is 10.0. The fraction of sp³-hybridized carbons (Fsp3) is 0.562. The van der Waals surface area contributed by atoms with Crippen molar-refractivity contribution in [1.29, 1.82) is 0 Å². The molecule has 1 saturated heterocycles. The Hall–Kier alpha value is -1.33. The lowest BCUT2D eigenvalue weighted by atomic mass is 9.92. The molecule has 1 fully saturated rings. The number of benzene rings is 1. The zero-order chi connectivity index (χ0) is 15.2. The van der Waals surface area contributed by atoms with E-state index in [0.29, 0.717) is 18.3 Å². The van der Waals surface area contributed by atoms with Gasteiger partial charge in [0.1, 0.15) is 17.7 Å². The van der Waals surface area contributed by atoms with E-state index in [4.69, 9.17) is 4.74 Å². The zero-order valence-corrected chi connectivity index (χ0v) is 13.8. The number of piperidine rings is 1. The van der Waals surface area contributed by atoms with Crippen LogP contribution in [0.15, 0.2) is 24.3 Å². The maximum atomic E-state index is 12.8. The van der Waals surface area contributed by atoms with Gasteiger partial charge in [0.25, 0.3) is 0 Å². The van der Waals surface area contributed by atoms with Gasteiger partial charge < -0.3 is 15.4 Å². The summed E-state index contributed by atoms with van der Waals surface area (Å²) in [5.41, 5.74) is 0. The second-order valence-corrected chi connectivity index (χ2v) is 5.70. The van der Waals surface area contributed by atoms with Crippen LogP contribution in [-0.4, -0.2) is 31.1 Å². The van der Waals surface area contributed by atoms with Crippen molar-refractivity contribution in [3.05, 3.63) is 30.1 Å². The Bertz CT molecular complexity index is 470. The molecule has 3 atom stereocenters. The quantitative estimate of drug-likeness (QED) is 0.872. The molecule has 1 amide bonds. The van der Waals surface area contributed by atoms with Crippen molar-refractivity contribution in [3.63, 3.8) is 0 Å². The average molecular weight is 331 g/mol. The van der Waals surface area contributed by atoms with Crippen LogP contribution in [-0.2, 0) is 4.79 Å². The molecular weight excluding hydrogens is 307 g/mol. The monoisotopic (exact) mass is 330 g/mol. The molecule has 0 spiro atoms. The lowest BCUT2D eigenvalue weighted by Gasteiger charge is -2.27. The minimum absolute atomic E-state index is 0. The van der Waals surface area contributed by atoms with Crippen LogP contribution >= 0.6 is 12.4 Å². The smallest absolute Gasteiger partial charge is 0.223 e. The maximum Gasteiger partial charge on any atom is 0.223 e. The SMILES string of the molecule is CC(CNC(=O)[C@H]1CCN[C@@H](C)C1)Oc1ccc(F)cc1.Cl. The molecule has 2 rings (SSSR count). The summed E-state index contributed by atoms with van der Waals surface area (Å²) in [6.45, 7) is 5.32. The highest BCUT2D eigenvalue weighted by atomic mass is 35.5. The summed E-state index contributed by atoms with van der Waals surface area (Å²) in [7, 11) is 0. The maximum absolute atomic E-state index is 12.8. The Morgan fingerprint density at radius 1 is 1.45 bits per heavy atom. The number of halogens is 2. The summed E-state index contributed by atoms with van der Waals surface area (Å²) in [5, 5.41) is 6.27. The van der Waals surface area contributed by atoms with Crippen molar-refractivity contribution in [3.8, 4) is 5.75 Å². The molecule has 1 aromatic rings. The number of amides is 1. The minimum Gasteiger partial charge on any atom is -0.489 e. The van der Waals surface area contributed by atoms with Crippen LogP contribution in [0.3, 0.4) is 0 Å². The molecule has 124 valence electrons. The van der Waals surface area contributed by atoms with Gasteiger partial charge in [-0.3, -0.25) is 4.79 Å². The molecule has 4 nitrogen and oxygen atoms in total. The standard InChI is InChI=1S/C16H23FN2O2.ClH/c1-11-9-13(7-8-18-11)16(20)19-10-12(2)21-15-5-3-14(17)4-6-15;/h3-6,11-13,18H,7-10H2,1-2H3,(H,19,20);1H/t11-,12?,13-;/m0./s1. The molecule has 2 N–H and O–H groups in total. The van der Waals surface area contributed by atoms with Gasteiger partial charge in [-0.05, 0) is 57.5 Å². The van der Waals surface area contributed by atoms with Gasteiger partial charge in [0.05, 0.1) is 6.54 Å². The number of carbonyl (C=O) groups excluding carboxylic acids is 1. The predicted octanol–water partition coefficient (Wildman–Crippen LogP) is 2.52. The summed E-state index contributed by atoms with van der Waals surface area (Å²) in [6.07, 6.45) is 1.60. The number of rotatable bonds is 5. The van der Waals surface area contributed by atoms with E-state index in [1.165, 1.54) is 12.1 Å². The first-order valence-corrected chi connectivity index (χ1v) is 7.48. The summed E-state index contributed by atoms with van der Waals surface area (Å²) in [6, 6.07) is 6.28. The predicted molar refractivity (Wildman–Crippen MR) is 86.9 cm³/mol. The van der Waals surface area contributed by atoms with Gasteiger partial charge in [-0.25, -0.2) is 4.39 Å². The van der Waals surface area contributed by atoms with Crippen LogP contribution in [0.5, 0.6) is 5.75 Å². The minimum atomic E-state index is -0.289. The topological polar surface area (TPSA) is 50.4 Å². The molecule has 1 aliphatic heterocycles. The summed E-state index contributed by atoms with van der Waals surface area (Å²) in [5.74, 6) is 0.495. The van der Waals surface area contributed by atoms with E-state index in [-0.39, 0.29) is 36.2 Å². The molecule has 6 heteroatoms. The summed E-state index contributed by atoms with van der Waals surface area (Å²) in [4.78, 5) is 12.1. The third kappa shape index (κ3) is 5.81. The summed E-state index contributed by atoms with van der Waals surface area (Å²) < 4.78 is 18.4. The van der Waals surface area contributed by atoms with Crippen molar-refractivity contribution in [2.45, 2.75) is 38.8 Å². The van der Waals surface area contributed by atoms with Crippen molar-refractivity contribution < 1.29 is 13.9 Å². The molecule has 22 heavy (non-hydrogen) atoms. The van der Waals surface area contributed by atoms with E-state index in [1.54, 1.807) is 12.1 Å². The third-order valence-electron chi connectivity index (χ3n) is 3.71. The number of hydrogen-bond donors (Lipinski definition) is 2. The zero-order valence-electron chi connectivity index (χ0n) is 13.0. The number of hydrogen-bond acceptors (Lipinski definition) is 3. The second-order valence-electron chi connectivity index (χ2n) is 5.70. The Labute approximate surface area is 137 Å². The normalized spacial score (nSPS) is 22.3. The van der Waals surface area contributed by atoms with Crippen LogP contribution in [0, 0.1) is 11.7 Å². The highest BCUT2D eigenvalue weighted by Gasteiger charge is 2.24. The molecule has 0 bridgehead atoms. The Kier molecular flexibility index (Phi) is 7.62. The van der Waals surface area contributed by atoms with E-state index < -0.39 is 0 Å². The van der Waals surface area contributed by atoms with E-state index in [1.807, 2.05) is 6.92 Å². The molecular formula is C16H24ClFN2O2. The van der Waals surface area contributed by atoms with Crippen molar-refractivity contribution in [2.75, 3.05) is 13.1 Å². The van der Waals surface area contributed by atoms with Gasteiger partial charge in [0.2, 0.25) is 5.91 Å². The molecule has 0 radical (unpaired) electrons. The van der Waals surface area contributed by atoms with E-state index in [0.717, 1.165) is 19.4 Å². The summed E-state index contributed by atoms with van der Waals surface area (Å²) >= 11 is 0. The van der Waals surface area contributed by atoms with E-state index in [9.17, 15) is 9.18 Å². The Balaban J connectivity index is 0.00000242. The van der Waals surface area contributed by atoms with Crippen LogP contribution in [0.4, 0.5) is 4.39 Å². The number of ether oxygens (including phenoxy) is 1. The van der Waals surface area contributed by atoms with Gasteiger partial charge in [0, 0.05) is 12.0 Å². The van der Waals surface area contributed by atoms with Crippen LogP contribution < -0.4 is 15.4 Å². The lowest BCUT2D eigenvalue weighted by molar-refractivity contribution is -0.126. The molecule has 1 heterocycles. The number of nitrogens with one attached hydrogen (secondary N) is 2. The van der Waals surface area contributed by atoms with Gasteiger partial charge in [0.15, 0.2) is 0 Å². The largest absolute Gasteiger partial charge is 0.489 e. The van der Waals surface area contributed by atoms with Crippen LogP contribution in [0.2, 0.25) is 0 Å². The van der Waals surface area contributed by atoms with Gasteiger partial charge in [-0.1, -0.05) is 0 Å². The van der Waals surface area contributed by atoms with E-state index in [2.05, 4.69) is 17.6 Å². The first kappa shape index (κ1) is 18.7. The second kappa shape index (κ2) is 8.96. The lowest BCUT2D eigenvalue weighted by Crippen LogP contribution is -2.44. The van der Waals surface area contributed by atoms with Crippen LogP contribution in [0.25, 0.3) is 0 Å². The molecule has 1 aromatic carbocycles. The number of carbonyl (C=O) groups is 1. The van der Waals surface area contributed by atoms with Crippen molar-refractivity contribution in [1.82, 2.24) is 10.6 Å². The molecule has 0 aromatic heterocycles. The molecule has 0 saturated carbocycles. The third-order valence-corrected chi connectivity index (χ3v) is 3.71. The molecule has 1 unspecified atom stereocenters. The van der Waals surface area contributed by atoms with Gasteiger partial charge >= 0.3 is 0 Å². The van der Waals surface area contributed by atoms with E-state index >= 15 is 0 Å². The Morgan fingerprint density at radius 2 is 2.14 bits per heavy atom. The fourth-order valence-corrected chi connectivity index (χ4v) is 2.55. The first-order valence-electron chi connectivity index (χ1n) is 7.48. The van der Waals surface area contributed by atoms with Gasteiger partial charge in [-0.15, -0.1) is 12.4 Å². The molecule has 1 aliphatic rings. The van der Waals surface area contributed by atoms with Gasteiger partial charge in [-0.2, -0.15) is 0 Å². The highest BCUT2D eigenvalue weighted by Crippen LogP contribution is 2.16. The molecule has 0 aliphatic carbocycles. The highest BCUT2D eigenvalue weighted by molar-refractivity contribution is 5.85. The van der Waals surface area contributed by atoms with Crippen molar-refractivity contribution >= 4 is 18.3 Å². The Morgan fingerprint density at radius 3 is 2.77 bits per heavy atom. The average Bonchev–Trinajstić information content (AvgIpc) is 2.47.